The maximum atomic E-state index is 11.8. The first kappa shape index (κ1) is 12.2. The average Bonchev–Trinajstić information content (AvgIpc) is 3.00. The molecule has 1 amide bonds. The van der Waals surface area contributed by atoms with Crippen molar-refractivity contribution >= 4 is 23.2 Å². The molecule has 0 aliphatic rings. The van der Waals surface area contributed by atoms with Gasteiger partial charge in [-0.3, -0.25) is 9.89 Å². The van der Waals surface area contributed by atoms with E-state index in [-0.39, 0.29) is 16.7 Å². The van der Waals surface area contributed by atoms with Crippen LogP contribution in [0.2, 0.25) is 0 Å². The first-order valence-electron chi connectivity index (χ1n) is 4.93. The Bertz CT molecular complexity index is 565. The Morgan fingerprint density at radius 3 is 2.89 bits per heavy atom. The minimum Gasteiger partial charge on any atom is -0.476 e. The first-order valence-corrected chi connectivity index (χ1v) is 5.81. The van der Waals surface area contributed by atoms with Crippen LogP contribution in [-0.2, 0) is 0 Å². The third-order valence-corrected chi connectivity index (χ3v) is 2.95. The molecule has 18 heavy (non-hydrogen) atoms. The molecule has 0 aliphatic carbocycles. The van der Waals surface area contributed by atoms with Crippen molar-refractivity contribution in [1.82, 2.24) is 25.5 Å². The van der Waals surface area contributed by atoms with Gasteiger partial charge in [0.15, 0.2) is 10.7 Å². The van der Waals surface area contributed by atoms with Gasteiger partial charge in [0, 0.05) is 5.38 Å². The molecule has 0 aromatic carbocycles. The predicted molar refractivity (Wildman–Crippen MR) is 61.3 cm³/mol. The number of nitrogens with zero attached hydrogens (tertiary/aromatic N) is 3. The van der Waals surface area contributed by atoms with E-state index < -0.39 is 11.9 Å². The molecule has 0 aliphatic heterocycles. The fraction of sp³-hybridized carbons (Fsp3) is 0.222. The summed E-state index contributed by atoms with van der Waals surface area (Å²) in [7, 11) is 0. The summed E-state index contributed by atoms with van der Waals surface area (Å²) in [5, 5.41) is 19.0. The van der Waals surface area contributed by atoms with Crippen molar-refractivity contribution in [3.05, 3.63) is 28.2 Å². The highest BCUT2D eigenvalue weighted by Gasteiger charge is 2.18. The molecule has 2 rings (SSSR count). The zero-order chi connectivity index (χ0) is 13.1. The van der Waals surface area contributed by atoms with Crippen molar-refractivity contribution in [1.29, 1.82) is 0 Å². The van der Waals surface area contributed by atoms with E-state index in [2.05, 4.69) is 25.5 Å². The Morgan fingerprint density at radius 1 is 1.56 bits per heavy atom. The number of amides is 1. The molecule has 0 bridgehead atoms. The van der Waals surface area contributed by atoms with Crippen LogP contribution in [0.4, 0.5) is 0 Å². The van der Waals surface area contributed by atoms with E-state index in [0.717, 1.165) is 11.3 Å². The summed E-state index contributed by atoms with van der Waals surface area (Å²) in [6.45, 7) is 1.73. The Hall–Kier alpha value is -2.29. The molecule has 3 N–H and O–H groups in total. The fourth-order valence-electron chi connectivity index (χ4n) is 1.23. The van der Waals surface area contributed by atoms with E-state index in [4.69, 9.17) is 5.11 Å². The van der Waals surface area contributed by atoms with Crippen molar-refractivity contribution < 1.29 is 14.7 Å². The topological polar surface area (TPSA) is 121 Å². The number of aromatic carboxylic acids is 1. The second kappa shape index (κ2) is 4.92. The molecule has 8 nitrogen and oxygen atoms in total. The lowest BCUT2D eigenvalue weighted by atomic mass is 10.3. The molecule has 0 saturated carbocycles. The lowest BCUT2D eigenvalue weighted by Crippen LogP contribution is -2.27. The van der Waals surface area contributed by atoms with Crippen molar-refractivity contribution in [2.75, 3.05) is 0 Å². The van der Waals surface area contributed by atoms with E-state index in [1.165, 1.54) is 11.7 Å². The van der Waals surface area contributed by atoms with Crippen LogP contribution in [-0.4, -0.2) is 37.1 Å². The van der Waals surface area contributed by atoms with E-state index >= 15 is 0 Å². The number of aromatic amines is 1. The number of carboxylic acids is 1. The number of aromatic nitrogens is 4. The molecule has 2 aromatic rings. The second-order valence-corrected chi connectivity index (χ2v) is 4.27. The van der Waals surface area contributed by atoms with Gasteiger partial charge in [0.2, 0.25) is 0 Å². The zero-order valence-electron chi connectivity index (χ0n) is 9.25. The number of carbonyl (C=O) groups excluding carboxylic acids is 1. The summed E-state index contributed by atoms with van der Waals surface area (Å²) < 4.78 is 0. The standard InChI is InChI=1S/C9H9N5O3S/c1-4(6-10-3-11-14-6)12-7(15)8-13-5(2-18-8)9(16)17/h2-4H,1H3,(H,12,15)(H,16,17)(H,10,11,14). The highest BCUT2D eigenvalue weighted by molar-refractivity contribution is 7.11. The third kappa shape index (κ3) is 2.51. The quantitative estimate of drug-likeness (QED) is 0.739. The van der Waals surface area contributed by atoms with E-state index in [1.54, 1.807) is 6.92 Å². The van der Waals surface area contributed by atoms with Crippen molar-refractivity contribution in [3.63, 3.8) is 0 Å². The minimum atomic E-state index is -1.16. The van der Waals surface area contributed by atoms with Crippen LogP contribution in [0.25, 0.3) is 0 Å². The van der Waals surface area contributed by atoms with Gasteiger partial charge in [-0.05, 0) is 6.92 Å². The van der Waals surface area contributed by atoms with Crippen LogP contribution < -0.4 is 5.32 Å². The SMILES string of the molecule is CC(NC(=O)c1nc(C(=O)O)cs1)c1ncn[nH]1. The largest absolute Gasteiger partial charge is 0.476 e. The molecule has 0 spiro atoms. The van der Waals surface area contributed by atoms with E-state index in [9.17, 15) is 9.59 Å². The van der Waals surface area contributed by atoms with Gasteiger partial charge >= 0.3 is 5.97 Å². The summed E-state index contributed by atoms with van der Waals surface area (Å²) in [5.41, 5.74) is -0.141. The number of nitrogens with one attached hydrogen (secondary N) is 2. The van der Waals surface area contributed by atoms with E-state index in [0.29, 0.717) is 5.82 Å². The highest BCUT2D eigenvalue weighted by Crippen LogP contribution is 2.12. The van der Waals surface area contributed by atoms with Gasteiger partial charge in [-0.15, -0.1) is 11.3 Å². The zero-order valence-corrected chi connectivity index (χ0v) is 10.1. The summed E-state index contributed by atoms with van der Waals surface area (Å²) in [4.78, 5) is 30.0. The van der Waals surface area contributed by atoms with Crippen LogP contribution in [0.3, 0.4) is 0 Å². The Kier molecular flexibility index (Phi) is 3.33. The van der Waals surface area contributed by atoms with Gasteiger partial charge in [-0.2, -0.15) is 5.10 Å². The normalized spacial score (nSPS) is 12.1. The van der Waals surface area contributed by atoms with Gasteiger partial charge < -0.3 is 10.4 Å². The summed E-state index contributed by atoms with van der Waals surface area (Å²) >= 11 is 0.975. The number of rotatable bonds is 4. The Balaban J connectivity index is 2.05. The minimum absolute atomic E-state index is 0.0961. The fourth-order valence-corrected chi connectivity index (χ4v) is 1.92. The van der Waals surface area contributed by atoms with Crippen molar-refractivity contribution in [3.8, 4) is 0 Å². The van der Waals surface area contributed by atoms with Crippen molar-refractivity contribution in [2.24, 2.45) is 0 Å². The second-order valence-electron chi connectivity index (χ2n) is 3.41. The molecule has 94 valence electrons. The molecule has 1 unspecified atom stereocenters. The van der Waals surface area contributed by atoms with Crippen LogP contribution >= 0.6 is 11.3 Å². The van der Waals surface area contributed by atoms with Gasteiger partial charge in [-0.25, -0.2) is 14.8 Å². The van der Waals surface area contributed by atoms with Crippen LogP contribution in [0.5, 0.6) is 0 Å². The Labute approximate surface area is 105 Å². The van der Waals surface area contributed by atoms with Crippen LogP contribution in [0, 0.1) is 0 Å². The van der Waals surface area contributed by atoms with E-state index in [1.807, 2.05) is 0 Å². The summed E-state index contributed by atoms with van der Waals surface area (Å²) in [6.07, 6.45) is 1.34. The smallest absolute Gasteiger partial charge is 0.355 e. The first-order chi connectivity index (χ1) is 8.58. The third-order valence-electron chi connectivity index (χ3n) is 2.11. The van der Waals surface area contributed by atoms with Gasteiger partial charge in [0.1, 0.15) is 12.2 Å². The maximum Gasteiger partial charge on any atom is 0.355 e. The molecule has 0 fully saturated rings. The van der Waals surface area contributed by atoms with Crippen LogP contribution in [0.15, 0.2) is 11.7 Å². The maximum absolute atomic E-state index is 11.8. The predicted octanol–water partition coefficient (Wildman–Crippen LogP) is 0.450. The molecular weight excluding hydrogens is 258 g/mol. The average molecular weight is 267 g/mol. The number of hydrogen-bond acceptors (Lipinski definition) is 6. The number of H-pyrrole nitrogens is 1. The van der Waals surface area contributed by atoms with Crippen LogP contribution in [0.1, 0.15) is 39.1 Å². The molecular formula is C9H9N5O3S. The number of thiazole rings is 1. The lowest BCUT2D eigenvalue weighted by molar-refractivity contribution is 0.0691. The van der Waals surface area contributed by atoms with Crippen molar-refractivity contribution in [2.45, 2.75) is 13.0 Å². The van der Waals surface area contributed by atoms with Gasteiger partial charge in [-0.1, -0.05) is 0 Å². The highest BCUT2D eigenvalue weighted by atomic mass is 32.1. The molecule has 9 heteroatoms. The number of carbonyl (C=O) groups is 2. The van der Waals surface area contributed by atoms with Gasteiger partial charge in [0.05, 0.1) is 6.04 Å². The lowest BCUT2D eigenvalue weighted by Gasteiger charge is -2.08. The summed E-state index contributed by atoms with van der Waals surface area (Å²) in [5.74, 6) is -1.09. The molecule has 0 saturated heterocycles. The molecule has 0 radical (unpaired) electrons. The summed E-state index contributed by atoms with van der Waals surface area (Å²) in [6, 6.07) is -0.364. The molecule has 2 aromatic heterocycles. The number of hydrogen-bond donors (Lipinski definition) is 3. The Morgan fingerprint density at radius 2 is 2.33 bits per heavy atom. The van der Waals surface area contributed by atoms with Gasteiger partial charge in [0.25, 0.3) is 5.91 Å². The number of carboxylic acid groups (broad SMARTS) is 1. The molecule has 1 atom stereocenters. The molecule has 2 heterocycles. The monoisotopic (exact) mass is 267 g/mol.